The number of aromatic carboxylic acids is 1. The molecule has 4 nitrogen and oxygen atoms in total. The highest BCUT2D eigenvalue weighted by atomic mass is 16.5. The smallest absolute Gasteiger partial charge is 0.352 e. The van der Waals surface area contributed by atoms with Crippen LogP contribution in [-0.2, 0) is 0 Å². The lowest BCUT2D eigenvalue weighted by atomic mass is 10.2. The zero-order chi connectivity index (χ0) is 10.8. The molecule has 0 amide bonds. The van der Waals surface area contributed by atoms with E-state index in [0.29, 0.717) is 12.4 Å². The van der Waals surface area contributed by atoms with E-state index in [-0.39, 0.29) is 5.69 Å². The van der Waals surface area contributed by atoms with Crippen molar-refractivity contribution in [3.8, 4) is 5.75 Å². The molecule has 78 valence electrons. The van der Waals surface area contributed by atoms with Crippen LogP contribution in [0.4, 0.5) is 0 Å². The van der Waals surface area contributed by atoms with E-state index >= 15 is 0 Å². The Morgan fingerprint density at radius 3 is 3.00 bits per heavy atom. The summed E-state index contributed by atoms with van der Waals surface area (Å²) in [5, 5.41) is 9.64. The van der Waals surface area contributed by atoms with Crippen molar-refractivity contribution in [1.29, 1.82) is 0 Å². The molecule has 0 radical (unpaired) electrons. The maximum atomic E-state index is 10.8. The highest BCUT2D eigenvalue weighted by Crippen LogP contribution is 2.26. The molecule has 0 fully saturated rings. The second-order valence-corrected chi connectivity index (χ2v) is 3.14. The van der Waals surface area contributed by atoms with E-state index in [1.54, 1.807) is 6.07 Å². The number of aromatic amines is 1. The largest absolute Gasteiger partial charge is 0.493 e. The summed E-state index contributed by atoms with van der Waals surface area (Å²) in [5.41, 5.74) is 0.954. The van der Waals surface area contributed by atoms with Gasteiger partial charge in [-0.3, -0.25) is 0 Å². The molecule has 1 aromatic heterocycles. The van der Waals surface area contributed by atoms with Crippen molar-refractivity contribution in [2.45, 2.75) is 6.92 Å². The third-order valence-electron chi connectivity index (χ3n) is 2.15. The fraction of sp³-hybridized carbons (Fsp3) is 0.182. The van der Waals surface area contributed by atoms with Gasteiger partial charge in [0.2, 0.25) is 0 Å². The molecule has 0 bridgehead atoms. The molecule has 1 aromatic carbocycles. The Labute approximate surface area is 86.5 Å². The van der Waals surface area contributed by atoms with Crippen molar-refractivity contribution in [3.63, 3.8) is 0 Å². The van der Waals surface area contributed by atoms with Gasteiger partial charge in [-0.2, -0.15) is 0 Å². The summed E-state index contributed by atoms with van der Waals surface area (Å²) in [7, 11) is 0. The Hall–Kier alpha value is -1.97. The fourth-order valence-corrected chi connectivity index (χ4v) is 1.52. The summed E-state index contributed by atoms with van der Waals surface area (Å²) in [4.78, 5) is 13.6. The predicted octanol–water partition coefficient (Wildman–Crippen LogP) is 2.26. The molecule has 0 aliphatic rings. The summed E-state index contributed by atoms with van der Waals surface area (Å²) in [6, 6.07) is 7.06. The van der Waals surface area contributed by atoms with Gasteiger partial charge in [-0.05, 0) is 25.1 Å². The average molecular weight is 205 g/mol. The lowest BCUT2D eigenvalue weighted by Crippen LogP contribution is -1.94. The molecule has 0 spiro atoms. The van der Waals surface area contributed by atoms with Gasteiger partial charge >= 0.3 is 5.97 Å². The summed E-state index contributed by atoms with van der Waals surface area (Å²) in [6.45, 7) is 2.45. The Morgan fingerprint density at radius 2 is 2.33 bits per heavy atom. The first-order valence-corrected chi connectivity index (χ1v) is 4.70. The number of carbonyl (C=O) groups is 1. The van der Waals surface area contributed by atoms with Crippen LogP contribution in [-0.4, -0.2) is 22.7 Å². The van der Waals surface area contributed by atoms with Crippen LogP contribution in [0.5, 0.6) is 5.75 Å². The highest BCUT2D eigenvalue weighted by molar-refractivity contribution is 5.96. The van der Waals surface area contributed by atoms with E-state index in [1.165, 1.54) is 0 Å². The minimum atomic E-state index is -0.964. The Balaban J connectivity index is 2.59. The van der Waals surface area contributed by atoms with Gasteiger partial charge in [0.1, 0.15) is 11.4 Å². The number of hydrogen-bond donors (Lipinski definition) is 2. The van der Waals surface area contributed by atoms with Crippen LogP contribution in [0.2, 0.25) is 0 Å². The molecular formula is C11H11NO3. The standard InChI is InChI=1S/C11H11NO3/c1-2-15-10-5-3-4-8-7(10)6-9(12-8)11(13)14/h3-6,12H,2H2,1H3,(H,13,14). The predicted molar refractivity (Wildman–Crippen MR) is 56.4 cm³/mol. The van der Waals surface area contributed by atoms with E-state index in [1.807, 2.05) is 25.1 Å². The number of benzene rings is 1. The van der Waals surface area contributed by atoms with Crippen LogP contribution in [0.25, 0.3) is 10.9 Å². The SMILES string of the molecule is CCOc1cccc2[nH]c(C(=O)O)cc12. The first kappa shape index (κ1) is 9.58. The number of hydrogen-bond acceptors (Lipinski definition) is 2. The Kier molecular flexibility index (Phi) is 2.33. The Bertz CT molecular complexity index is 502. The summed E-state index contributed by atoms with van der Waals surface area (Å²) >= 11 is 0. The third-order valence-corrected chi connectivity index (χ3v) is 2.15. The molecule has 0 aliphatic heterocycles. The molecule has 2 N–H and O–H groups in total. The molecule has 0 atom stereocenters. The molecule has 0 saturated carbocycles. The van der Waals surface area contributed by atoms with Gasteiger partial charge in [-0.25, -0.2) is 4.79 Å². The van der Waals surface area contributed by atoms with Crippen LogP contribution < -0.4 is 4.74 Å². The summed E-state index contributed by atoms with van der Waals surface area (Å²) in [6.07, 6.45) is 0. The topological polar surface area (TPSA) is 62.3 Å². The van der Waals surface area contributed by atoms with Crippen molar-refractivity contribution in [1.82, 2.24) is 4.98 Å². The van der Waals surface area contributed by atoms with Crippen molar-refractivity contribution in [2.75, 3.05) is 6.61 Å². The second kappa shape index (κ2) is 3.65. The zero-order valence-corrected chi connectivity index (χ0v) is 8.28. The van der Waals surface area contributed by atoms with E-state index in [0.717, 1.165) is 10.9 Å². The number of aromatic nitrogens is 1. The van der Waals surface area contributed by atoms with Gasteiger partial charge in [0.25, 0.3) is 0 Å². The normalized spacial score (nSPS) is 10.5. The van der Waals surface area contributed by atoms with Crippen molar-refractivity contribution in [2.24, 2.45) is 0 Å². The van der Waals surface area contributed by atoms with Gasteiger partial charge in [0.15, 0.2) is 0 Å². The lowest BCUT2D eigenvalue weighted by Gasteiger charge is -2.02. The summed E-state index contributed by atoms with van der Waals surface area (Å²) in [5.74, 6) is -0.257. The molecule has 2 aromatic rings. The first-order chi connectivity index (χ1) is 7.22. The van der Waals surface area contributed by atoms with Crippen LogP contribution >= 0.6 is 0 Å². The maximum Gasteiger partial charge on any atom is 0.352 e. The Morgan fingerprint density at radius 1 is 1.53 bits per heavy atom. The van der Waals surface area contributed by atoms with Gasteiger partial charge in [-0.15, -0.1) is 0 Å². The molecule has 0 aliphatic carbocycles. The van der Waals surface area contributed by atoms with Crippen molar-refractivity contribution in [3.05, 3.63) is 30.0 Å². The second-order valence-electron chi connectivity index (χ2n) is 3.14. The van der Waals surface area contributed by atoms with Gasteiger partial charge < -0.3 is 14.8 Å². The number of ether oxygens (including phenoxy) is 1. The quantitative estimate of drug-likeness (QED) is 0.807. The van der Waals surface area contributed by atoms with Gasteiger partial charge in [0.05, 0.1) is 6.61 Å². The maximum absolute atomic E-state index is 10.8. The summed E-state index contributed by atoms with van der Waals surface area (Å²) < 4.78 is 5.40. The number of rotatable bonds is 3. The number of H-pyrrole nitrogens is 1. The minimum Gasteiger partial charge on any atom is -0.493 e. The molecule has 2 rings (SSSR count). The molecule has 4 heteroatoms. The molecule has 15 heavy (non-hydrogen) atoms. The van der Waals surface area contributed by atoms with E-state index in [4.69, 9.17) is 9.84 Å². The van der Waals surface area contributed by atoms with Crippen LogP contribution in [0.3, 0.4) is 0 Å². The van der Waals surface area contributed by atoms with Crippen molar-refractivity contribution < 1.29 is 14.6 Å². The fourth-order valence-electron chi connectivity index (χ4n) is 1.52. The van der Waals surface area contributed by atoms with E-state index < -0.39 is 5.97 Å². The van der Waals surface area contributed by atoms with E-state index in [9.17, 15) is 4.79 Å². The molecule has 1 heterocycles. The zero-order valence-electron chi connectivity index (χ0n) is 8.28. The van der Waals surface area contributed by atoms with Crippen LogP contribution in [0.15, 0.2) is 24.3 Å². The number of carboxylic acid groups (broad SMARTS) is 1. The first-order valence-electron chi connectivity index (χ1n) is 4.70. The lowest BCUT2D eigenvalue weighted by molar-refractivity contribution is 0.0691. The number of fused-ring (bicyclic) bond motifs is 1. The third kappa shape index (κ3) is 1.66. The average Bonchev–Trinajstić information content (AvgIpc) is 2.63. The minimum absolute atomic E-state index is 0.178. The van der Waals surface area contributed by atoms with Crippen molar-refractivity contribution >= 4 is 16.9 Å². The van der Waals surface area contributed by atoms with Crippen LogP contribution in [0, 0.1) is 0 Å². The molecule has 0 unspecified atom stereocenters. The highest BCUT2D eigenvalue weighted by Gasteiger charge is 2.10. The number of carboxylic acids is 1. The van der Waals surface area contributed by atoms with Crippen LogP contribution in [0.1, 0.15) is 17.4 Å². The van der Waals surface area contributed by atoms with Gasteiger partial charge in [0, 0.05) is 10.9 Å². The monoisotopic (exact) mass is 205 g/mol. The number of nitrogens with one attached hydrogen (secondary N) is 1. The van der Waals surface area contributed by atoms with Gasteiger partial charge in [-0.1, -0.05) is 6.07 Å². The van der Waals surface area contributed by atoms with E-state index in [2.05, 4.69) is 4.98 Å². The molecule has 0 saturated heterocycles. The molecular weight excluding hydrogens is 194 g/mol.